The van der Waals surface area contributed by atoms with Gasteiger partial charge in [-0.25, -0.2) is 0 Å². The van der Waals surface area contributed by atoms with E-state index in [1.807, 2.05) is 37.3 Å². The van der Waals surface area contributed by atoms with Gasteiger partial charge >= 0.3 is 0 Å². The molecule has 5 nitrogen and oxygen atoms in total. The Morgan fingerprint density at radius 2 is 1.65 bits per heavy atom. The average molecular weight is 319 g/mol. The third kappa shape index (κ3) is 7.79. The van der Waals surface area contributed by atoms with Crippen LogP contribution in [0.5, 0.6) is 0 Å². The summed E-state index contributed by atoms with van der Waals surface area (Å²) in [6.45, 7) is 9.57. The van der Waals surface area contributed by atoms with Crippen molar-refractivity contribution in [3.63, 3.8) is 0 Å². The molecule has 2 N–H and O–H groups in total. The maximum atomic E-state index is 11.9. The highest BCUT2D eigenvalue weighted by Crippen LogP contribution is 2.11. The van der Waals surface area contributed by atoms with Gasteiger partial charge in [0.2, 0.25) is 11.8 Å². The zero-order chi connectivity index (χ0) is 17.1. The molecule has 1 aromatic carbocycles. The van der Waals surface area contributed by atoms with Gasteiger partial charge in [-0.05, 0) is 25.6 Å². The summed E-state index contributed by atoms with van der Waals surface area (Å²) in [6, 6.07) is 9.74. The van der Waals surface area contributed by atoms with Crippen molar-refractivity contribution in [3.8, 4) is 0 Å². The van der Waals surface area contributed by atoms with Crippen LogP contribution < -0.4 is 10.6 Å². The summed E-state index contributed by atoms with van der Waals surface area (Å²) < 4.78 is 0. The molecule has 0 unspecified atom stereocenters. The van der Waals surface area contributed by atoms with Gasteiger partial charge in [0.15, 0.2) is 0 Å². The van der Waals surface area contributed by atoms with Crippen LogP contribution in [-0.4, -0.2) is 42.9 Å². The van der Waals surface area contributed by atoms with E-state index in [1.165, 1.54) is 0 Å². The maximum absolute atomic E-state index is 11.9. The predicted octanol–water partition coefficient (Wildman–Crippen LogP) is 2.10. The van der Waals surface area contributed by atoms with E-state index in [1.54, 1.807) is 0 Å². The Morgan fingerprint density at radius 1 is 1.04 bits per heavy atom. The highest BCUT2D eigenvalue weighted by molar-refractivity contribution is 5.83. The van der Waals surface area contributed by atoms with Gasteiger partial charge < -0.3 is 15.5 Å². The van der Waals surface area contributed by atoms with Crippen LogP contribution in [0.25, 0.3) is 0 Å². The molecule has 0 saturated heterocycles. The zero-order valence-corrected chi connectivity index (χ0v) is 14.5. The van der Waals surface area contributed by atoms with Crippen molar-refractivity contribution in [3.05, 3.63) is 35.9 Å². The van der Waals surface area contributed by atoms with Crippen LogP contribution in [0.3, 0.4) is 0 Å². The summed E-state index contributed by atoms with van der Waals surface area (Å²) in [5.41, 5.74) is 1.06. The number of nitrogens with one attached hydrogen (secondary N) is 2. The van der Waals surface area contributed by atoms with Crippen LogP contribution in [0.4, 0.5) is 0 Å². The predicted molar refractivity (Wildman–Crippen MR) is 93.0 cm³/mol. The fraction of sp³-hybridized carbons (Fsp3) is 0.556. The van der Waals surface area contributed by atoms with Crippen LogP contribution in [0.2, 0.25) is 0 Å². The van der Waals surface area contributed by atoms with E-state index < -0.39 is 0 Å². The fourth-order valence-electron chi connectivity index (χ4n) is 2.35. The Hall–Kier alpha value is -1.88. The van der Waals surface area contributed by atoms with Gasteiger partial charge in [0, 0.05) is 25.9 Å². The highest BCUT2D eigenvalue weighted by atomic mass is 16.2. The number of hydrogen-bond donors (Lipinski definition) is 2. The van der Waals surface area contributed by atoms with Crippen molar-refractivity contribution < 1.29 is 9.59 Å². The number of nitrogens with zero attached hydrogens (tertiary/aromatic N) is 1. The average Bonchev–Trinajstić information content (AvgIpc) is 2.57. The molecule has 128 valence electrons. The van der Waals surface area contributed by atoms with E-state index in [0.717, 1.165) is 25.2 Å². The number of hydrogen-bond acceptors (Lipinski definition) is 3. The summed E-state index contributed by atoms with van der Waals surface area (Å²) in [7, 11) is 0. The summed E-state index contributed by atoms with van der Waals surface area (Å²) in [4.78, 5) is 25.9. The highest BCUT2D eigenvalue weighted by Gasteiger charge is 2.11. The van der Waals surface area contributed by atoms with Crippen molar-refractivity contribution in [2.75, 3.05) is 26.2 Å². The quantitative estimate of drug-likeness (QED) is 0.694. The van der Waals surface area contributed by atoms with Gasteiger partial charge in [0.05, 0.1) is 6.04 Å². The van der Waals surface area contributed by atoms with Crippen molar-refractivity contribution in [2.24, 2.45) is 0 Å². The van der Waals surface area contributed by atoms with E-state index >= 15 is 0 Å². The van der Waals surface area contributed by atoms with E-state index in [0.29, 0.717) is 6.54 Å². The molecule has 0 bridgehead atoms. The molecular formula is C18H29N3O2. The third-order valence-electron chi connectivity index (χ3n) is 3.90. The van der Waals surface area contributed by atoms with Gasteiger partial charge in [-0.2, -0.15) is 0 Å². The number of likely N-dealkylation sites (N-methyl/N-ethyl adjacent to an activating group) is 1. The lowest BCUT2D eigenvalue weighted by molar-refractivity contribution is -0.126. The minimum atomic E-state index is -0.0970. The maximum Gasteiger partial charge on any atom is 0.220 e. The normalized spacial score (nSPS) is 12.0. The molecule has 0 aliphatic rings. The minimum Gasteiger partial charge on any atom is -0.355 e. The topological polar surface area (TPSA) is 61.4 Å². The molecule has 0 fully saturated rings. The Labute approximate surface area is 139 Å². The Balaban J connectivity index is 2.21. The lowest BCUT2D eigenvalue weighted by atomic mass is 10.1. The van der Waals surface area contributed by atoms with E-state index in [2.05, 4.69) is 29.4 Å². The Bertz CT molecular complexity index is 472. The van der Waals surface area contributed by atoms with Crippen LogP contribution in [0.1, 0.15) is 45.2 Å². The molecule has 5 heteroatoms. The SMILES string of the molecule is CCN(CC)CCNC(=O)CCC(=O)N[C@@H](C)c1ccccc1. The molecule has 0 heterocycles. The van der Waals surface area contributed by atoms with Crippen LogP contribution >= 0.6 is 0 Å². The van der Waals surface area contributed by atoms with Gasteiger partial charge in [-0.15, -0.1) is 0 Å². The van der Waals surface area contributed by atoms with Gasteiger partial charge in [0.25, 0.3) is 0 Å². The lowest BCUT2D eigenvalue weighted by Crippen LogP contribution is -2.35. The first-order chi connectivity index (χ1) is 11.1. The Morgan fingerprint density at radius 3 is 2.26 bits per heavy atom. The molecule has 2 amide bonds. The van der Waals surface area contributed by atoms with Crippen LogP contribution in [0.15, 0.2) is 30.3 Å². The molecule has 0 radical (unpaired) electrons. The first kappa shape index (κ1) is 19.2. The van der Waals surface area contributed by atoms with Crippen molar-refractivity contribution in [2.45, 2.75) is 39.7 Å². The summed E-state index contributed by atoms with van der Waals surface area (Å²) in [6.07, 6.45) is 0.444. The third-order valence-corrected chi connectivity index (χ3v) is 3.90. The first-order valence-electron chi connectivity index (χ1n) is 8.40. The Kier molecular flexibility index (Phi) is 8.98. The molecule has 0 aliphatic carbocycles. The lowest BCUT2D eigenvalue weighted by Gasteiger charge is -2.18. The molecule has 0 aliphatic heterocycles. The van der Waals surface area contributed by atoms with Crippen molar-refractivity contribution >= 4 is 11.8 Å². The second kappa shape index (κ2) is 10.8. The molecule has 1 rings (SSSR count). The molecule has 1 aromatic rings. The molecular weight excluding hydrogens is 290 g/mol. The largest absolute Gasteiger partial charge is 0.355 e. The second-order valence-electron chi connectivity index (χ2n) is 5.58. The molecule has 0 saturated carbocycles. The first-order valence-corrected chi connectivity index (χ1v) is 8.40. The summed E-state index contributed by atoms with van der Waals surface area (Å²) in [5.74, 6) is -0.167. The zero-order valence-electron chi connectivity index (χ0n) is 14.5. The van der Waals surface area contributed by atoms with Crippen molar-refractivity contribution in [1.29, 1.82) is 0 Å². The van der Waals surface area contributed by atoms with Crippen LogP contribution in [0, 0.1) is 0 Å². The second-order valence-corrected chi connectivity index (χ2v) is 5.58. The van der Waals surface area contributed by atoms with E-state index in [4.69, 9.17) is 0 Å². The molecule has 0 aromatic heterocycles. The molecule has 0 spiro atoms. The summed E-state index contributed by atoms with van der Waals surface area (Å²) >= 11 is 0. The number of carbonyl (C=O) groups is 2. The smallest absolute Gasteiger partial charge is 0.220 e. The molecule has 23 heavy (non-hydrogen) atoms. The number of rotatable bonds is 10. The fourth-order valence-corrected chi connectivity index (χ4v) is 2.35. The van der Waals surface area contributed by atoms with E-state index in [-0.39, 0.29) is 30.7 Å². The van der Waals surface area contributed by atoms with Gasteiger partial charge in [-0.3, -0.25) is 9.59 Å². The monoisotopic (exact) mass is 319 g/mol. The number of amides is 2. The summed E-state index contributed by atoms with van der Waals surface area (Å²) in [5, 5.41) is 5.78. The number of carbonyl (C=O) groups excluding carboxylic acids is 2. The number of benzene rings is 1. The van der Waals surface area contributed by atoms with Crippen molar-refractivity contribution in [1.82, 2.24) is 15.5 Å². The molecule has 1 atom stereocenters. The van der Waals surface area contributed by atoms with Gasteiger partial charge in [-0.1, -0.05) is 44.2 Å². The minimum absolute atomic E-state index is 0.0468. The standard InChI is InChI=1S/C18H29N3O2/c1-4-21(5-2)14-13-19-17(22)11-12-18(23)20-15(3)16-9-7-6-8-10-16/h6-10,15H,4-5,11-14H2,1-3H3,(H,19,22)(H,20,23)/t15-/m0/s1. The van der Waals surface area contributed by atoms with E-state index in [9.17, 15) is 9.59 Å². The van der Waals surface area contributed by atoms with Gasteiger partial charge in [0.1, 0.15) is 0 Å². The van der Waals surface area contributed by atoms with Crippen LogP contribution in [-0.2, 0) is 9.59 Å².